The topological polar surface area (TPSA) is 61.0 Å². The van der Waals surface area contributed by atoms with E-state index in [2.05, 4.69) is 18.3 Å². The minimum atomic E-state index is -4.58. The Morgan fingerprint density at radius 3 is 2.59 bits per heavy atom. The Balaban J connectivity index is 1.80. The summed E-state index contributed by atoms with van der Waals surface area (Å²) in [6, 6.07) is 6.72. The van der Waals surface area contributed by atoms with E-state index in [0.29, 0.717) is 11.3 Å². The first kappa shape index (κ1) is 23.4. The number of ether oxygens (including phenoxy) is 2. The molecule has 1 aliphatic carbocycles. The van der Waals surface area contributed by atoms with Crippen LogP contribution >= 0.6 is 0 Å². The fourth-order valence-electron chi connectivity index (χ4n) is 3.64. The zero-order valence-corrected chi connectivity index (χ0v) is 17.8. The van der Waals surface area contributed by atoms with Crippen molar-refractivity contribution in [2.75, 3.05) is 0 Å². The van der Waals surface area contributed by atoms with Gasteiger partial charge in [0.05, 0.1) is 0 Å². The summed E-state index contributed by atoms with van der Waals surface area (Å²) in [5.74, 6) is -1.89. The molecular weight excluding hydrogens is 423 g/mol. The first-order valence-electron chi connectivity index (χ1n) is 10.0. The Kier molecular flexibility index (Phi) is 6.91. The quantitative estimate of drug-likeness (QED) is 0.218. The molecule has 3 atom stereocenters. The Morgan fingerprint density at radius 1 is 1.22 bits per heavy atom. The molecule has 5 nitrogen and oxygen atoms in total. The smallest absolute Gasteiger partial charge is 0.398 e. The molecule has 0 spiro atoms. The van der Waals surface area contributed by atoms with E-state index in [1.54, 1.807) is 24.3 Å². The first-order chi connectivity index (χ1) is 15.1. The van der Waals surface area contributed by atoms with Crippen LogP contribution in [0.2, 0.25) is 0 Å². The molecule has 32 heavy (non-hydrogen) atoms. The largest absolute Gasteiger partial charge is 0.489 e. The molecule has 1 aromatic carbocycles. The second kappa shape index (κ2) is 9.46. The molecule has 1 heterocycles. The average molecular weight is 447 g/mol. The van der Waals surface area contributed by atoms with Crippen LogP contribution in [0.1, 0.15) is 32.4 Å². The van der Waals surface area contributed by atoms with Crippen LogP contribution < -0.4 is 4.74 Å². The number of carbonyl (C=O) groups is 1. The molecule has 0 N–H and O–H groups in total. The third-order valence-electron chi connectivity index (χ3n) is 5.23. The number of rotatable bonds is 7. The first-order valence-corrected chi connectivity index (χ1v) is 10.0. The lowest BCUT2D eigenvalue weighted by Gasteiger charge is -2.27. The van der Waals surface area contributed by atoms with Gasteiger partial charge >= 0.3 is 12.1 Å². The minimum absolute atomic E-state index is 0.0509. The van der Waals surface area contributed by atoms with Gasteiger partial charge in [-0.3, -0.25) is 4.99 Å². The maximum Gasteiger partial charge on any atom is 0.398 e. The van der Waals surface area contributed by atoms with Gasteiger partial charge in [0.25, 0.3) is 0 Å². The number of halogens is 3. The number of aliphatic imine (C=N–C) groups is 1. The van der Waals surface area contributed by atoms with Crippen molar-refractivity contribution in [1.29, 1.82) is 0 Å². The molecule has 2 aromatic rings. The Hall–Kier alpha value is -3.29. The van der Waals surface area contributed by atoms with Crippen molar-refractivity contribution in [3.8, 4) is 5.75 Å². The number of allylic oxidation sites excluding steroid dienone is 3. The molecule has 1 aliphatic rings. The second-order valence-electron chi connectivity index (χ2n) is 7.71. The molecular formula is C24H24F3NO4. The summed E-state index contributed by atoms with van der Waals surface area (Å²) in [5, 5.41) is 0.790. The predicted molar refractivity (Wildman–Crippen MR) is 116 cm³/mol. The summed E-state index contributed by atoms with van der Waals surface area (Å²) in [6.07, 6.45) is -1.85. The van der Waals surface area contributed by atoms with Crippen molar-refractivity contribution in [1.82, 2.24) is 0 Å². The van der Waals surface area contributed by atoms with Crippen LogP contribution in [0.3, 0.4) is 0 Å². The second-order valence-corrected chi connectivity index (χ2v) is 7.71. The Bertz CT molecular complexity index is 1080. The van der Waals surface area contributed by atoms with Crippen molar-refractivity contribution in [2.45, 2.75) is 45.1 Å². The summed E-state index contributed by atoms with van der Waals surface area (Å²) in [6.45, 7) is 10.0. The summed E-state index contributed by atoms with van der Waals surface area (Å²) < 4.78 is 57.8. The Morgan fingerprint density at radius 2 is 1.94 bits per heavy atom. The van der Waals surface area contributed by atoms with Crippen LogP contribution in [0.5, 0.6) is 5.75 Å². The highest BCUT2D eigenvalue weighted by molar-refractivity contribution is 5.87. The predicted octanol–water partition coefficient (Wildman–Crippen LogP) is 6.26. The van der Waals surface area contributed by atoms with E-state index in [1.807, 2.05) is 19.1 Å². The molecule has 170 valence electrons. The van der Waals surface area contributed by atoms with Gasteiger partial charge in [-0.2, -0.15) is 13.2 Å². The lowest BCUT2D eigenvalue weighted by molar-refractivity contribution is -0.215. The van der Waals surface area contributed by atoms with Crippen molar-refractivity contribution in [3.63, 3.8) is 0 Å². The number of carbonyl (C=O) groups excluding carboxylic acids is 1. The number of benzene rings is 1. The van der Waals surface area contributed by atoms with Crippen LogP contribution in [0.4, 0.5) is 13.2 Å². The molecule has 1 fully saturated rings. The summed E-state index contributed by atoms with van der Waals surface area (Å²) >= 11 is 0. The van der Waals surface area contributed by atoms with Crippen LogP contribution in [0, 0.1) is 5.92 Å². The number of hydrogen-bond acceptors (Lipinski definition) is 5. The summed E-state index contributed by atoms with van der Waals surface area (Å²) in [7, 11) is 0. The monoisotopic (exact) mass is 447 g/mol. The zero-order valence-electron chi connectivity index (χ0n) is 17.8. The molecule has 3 rings (SSSR count). The lowest BCUT2D eigenvalue weighted by Crippen LogP contribution is -2.41. The molecule has 1 saturated carbocycles. The van der Waals surface area contributed by atoms with Gasteiger partial charge in [0.15, 0.2) is 0 Å². The van der Waals surface area contributed by atoms with E-state index in [4.69, 9.17) is 13.9 Å². The van der Waals surface area contributed by atoms with Crippen LogP contribution in [0.15, 0.2) is 64.2 Å². The molecule has 1 aromatic heterocycles. The van der Waals surface area contributed by atoms with E-state index in [1.165, 1.54) is 13.1 Å². The standard InChI is InChI=1S/C24H24F3NO4/c1-14(2)23(29)32-19-10-9-18(22(19)24(25,26)27)30-17-8-7-16-12-20(31-21(16)13-17)15(3)6-5-11-28-4/h5-8,11-13,18-19,22H,1,4,9-10H2,2-3H3/b11-5-,15-6+. The van der Waals surface area contributed by atoms with Crippen LogP contribution in [-0.4, -0.2) is 31.1 Å². The number of hydrogen-bond donors (Lipinski definition) is 0. The highest BCUT2D eigenvalue weighted by Crippen LogP contribution is 2.43. The minimum Gasteiger partial charge on any atom is -0.489 e. The molecule has 0 saturated heterocycles. The average Bonchev–Trinajstić information content (AvgIpc) is 3.31. The van der Waals surface area contributed by atoms with E-state index in [0.717, 1.165) is 11.0 Å². The van der Waals surface area contributed by atoms with Crippen molar-refractivity contribution >= 4 is 29.2 Å². The van der Waals surface area contributed by atoms with Crippen molar-refractivity contribution < 1.29 is 31.9 Å². The molecule has 0 bridgehead atoms. The van der Waals surface area contributed by atoms with E-state index >= 15 is 0 Å². The fourth-order valence-corrected chi connectivity index (χ4v) is 3.64. The van der Waals surface area contributed by atoms with E-state index in [-0.39, 0.29) is 24.2 Å². The van der Waals surface area contributed by atoms with Crippen LogP contribution in [0.25, 0.3) is 16.5 Å². The van der Waals surface area contributed by atoms with Crippen LogP contribution in [-0.2, 0) is 9.53 Å². The normalized spacial score (nSPS) is 21.8. The summed E-state index contributed by atoms with van der Waals surface area (Å²) in [5.41, 5.74) is 1.39. The lowest BCUT2D eigenvalue weighted by atomic mass is 10.0. The molecule has 0 radical (unpaired) electrons. The van der Waals surface area contributed by atoms with Gasteiger partial charge in [0.1, 0.15) is 35.2 Å². The van der Waals surface area contributed by atoms with Gasteiger partial charge in [0, 0.05) is 23.2 Å². The highest BCUT2D eigenvalue weighted by Gasteiger charge is 2.55. The number of alkyl halides is 3. The molecule has 8 heteroatoms. The van der Waals surface area contributed by atoms with Crippen molar-refractivity contribution in [3.05, 3.63) is 60.5 Å². The van der Waals surface area contributed by atoms with E-state index in [9.17, 15) is 18.0 Å². The van der Waals surface area contributed by atoms with Gasteiger partial charge < -0.3 is 13.9 Å². The van der Waals surface area contributed by atoms with Crippen molar-refractivity contribution in [2.24, 2.45) is 10.9 Å². The number of furan rings is 1. The number of esters is 1. The third kappa shape index (κ3) is 5.30. The van der Waals surface area contributed by atoms with E-state index < -0.39 is 30.3 Å². The summed E-state index contributed by atoms with van der Waals surface area (Å²) in [4.78, 5) is 15.4. The highest BCUT2D eigenvalue weighted by atomic mass is 19.4. The maximum atomic E-state index is 13.8. The fraction of sp³-hybridized carbons (Fsp3) is 0.333. The number of nitrogens with zero attached hydrogens (tertiary/aromatic N) is 1. The number of fused-ring (bicyclic) bond motifs is 1. The molecule has 0 amide bonds. The van der Waals surface area contributed by atoms with Gasteiger partial charge in [-0.1, -0.05) is 12.7 Å². The molecule has 3 unspecified atom stereocenters. The zero-order chi connectivity index (χ0) is 23.5. The van der Waals surface area contributed by atoms with Gasteiger partial charge in [-0.25, -0.2) is 4.79 Å². The SMILES string of the molecule is C=N/C=C\C=C(/C)c1cc2ccc(OC3CCC(OC(=O)C(=C)C)C3C(F)(F)F)cc2o1. The van der Waals surface area contributed by atoms with Gasteiger partial charge in [0.2, 0.25) is 0 Å². The van der Waals surface area contributed by atoms with Gasteiger partial charge in [-0.05, 0) is 63.3 Å². The third-order valence-corrected chi connectivity index (χ3v) is 5.23. The Labute approximate surface area is 183 Å². The van der Waals surface area contributed by atoms with Gasteiger partial charge in [-0.15, -0.1) is 0 Å². The maximum absolute atomic E-state index is 13.8. The molecule has 0 aliphatic heterocycles.